The van der Waals surface area contributed by atoms with Crippen LogP contribution in [0.5, 0.6) is 5.75 Å². The molecule has 5 heteroatoms. The molecule has 1 aromatic carbocycles. The summed E-state index contributed by atoms with van der Waals surface area (Å²) in [6.45, 7) is 1.16. The second kappa shape index (κ2) is 4.08. The Morgan fingerprint density at radius 3 is 2.44 bits per heavy atom. The van der Waals surface area contributed by atoms with Crippen LogP contribution in [-0.4, -0.2) is 31.0 Å². The van der Waals surface area contributed by atoms with Crippen LogP contribution < -0.4 is 4.74 Å². The van der Waals surface area contributed by atoms with Gasteiger partial charge in [-0.05, 0) is 18.6 Å². The van der Waals surface area contributed by atoms with Gasteiger partial charge in [0, 0.05) is 13.1 Å². The average molecular weight is 227 g/mol. The van der Waals surface area contributed by atoms with Gasteiger partial charge < -0.3 is 9.64 Å². The molecule has 16 heavy (non-hydrogen) atoms. The van der Waals surface area contributed by atoms with Gasteiger partial charge in [0.15, 0.2) is 11.6 Å². The van der Waals surface area contributed by atoms with Gasteiger partial charge in [0.2, 0.25) is 0 Å². The van der Waals surface area contributed by atoms with E-state index < -0.39 is 17.5 Å². The largest absolute Gasteiger partial charge is 0.493 e. The zero-order valence-electron chi connectivity index (χ0n) is 8.80. The van der Waals surface area contributed by atoms with Crippen molar-refractivity contribution in [3.63, 3.8) is 0 Å². The first-order chi connectivity index (χ1) is 7.65. The molecular weight excluding hydrogens is 216 g/mol. The lowest BCUT2D eigenvalue weighted by Gasteiger charge is -2.31. The van der Waals surface area contributed by atoms with Gasteiger partial charge >= 0.3 is 0 Å². The fourth-order valence-corrected chi connectivity index (χ4v) is 1.61. The van der Waals surface area contributed by atoms with E-state index in [1.807, 2.05) is 0 Å². The van der Waals surface area contributed by atoms with Crippen LogP contribution in [0.3, 0.4) is 0 Å². The third-order valence-corrected chi connectivity index (χ3v) is 2.62. The number of nitrogens with zero attached hydrogens (tertiary/aromatic N) is 1. The van der Waals surface area contributed by atoms with Crippen LogP contribution in [0.2, 0.25) is 0 Å². The highest BCUT2D eigenvalue weighted by Gasteiger charge is 2.28. The molecule has 0 aromatic heterocycles. The van der Waals surface area contributed by atoms with Crippen molar-refractivity contribution in [2.24, 2.45) is 0 Å². The van der Waals surface area contributed by atoms with E-state index in [1.165, 1.54) is 12.0 Å². The van der Waals surface area contributed by atoms with Crippen LogP contribution in [0.1, 0.15) is 16.8 Å². The van der Waals surface area contributed by atoms with E-state index >= 15 is 0 Å². The SMILES string of the molecule is COc1c(F)ccc(F)c1C(=O)N1CCC1. The lowest BCUT2D eigenvalue weighted by atomic mass is 10.1. The number of benzene rings is 1. The molecule has 0 unspecified atom stereocenters. The summed E-state index contributed by atoms with van der Waals surface area (Å²) in [5.41, 5.74) is -0.317. The molecule has 1 saturated heterocycles. The summed E-state index contributed by atoms with van der Waals surface area (Å²) in [5, 5.41) is 0. The molecule has 0 radical (unpaired) electrons. The first-order valence-corrected chi connectivity index (χ1v) is 4.96. The van der Waals surface area contributed by atoms with Gasteiger partial charge in [-0.15, -0.1) is 0 Å². The minimum absolute atomic E-state index is 0.317. The molecule has 0 N–H and O–H groups in total. The topological polar surface area (TPSA) is 29.5 Å². The van der Waals surface area contributed by atoms with Crippen molar-refractivity contribution in [2.45, 2.75) is 6.42 Å². The molecule has 1 aromatic rings. The summed E-state index contributed by atoms with van der Waals surface area (Å²) in [5.74, 6) is -2.32. The van der Waals surface area contributed by atoms with Crippen molar-refractivity contribution in [2.75, 3.05) is 20.2 Å². The van der Waals surface area contributed by atoms with E-state index in [-0.39, 0.29) is 11.3 Å². The fourth-order valence-electron chi connectivity index (χ4n) is 1.61. The quantitative estimate of drug-likeness (QED) is 0.771. The highest BCUT2D eigenvalue weighted by Crippen LogP contribution is 2.27. The van der Waals surface area contributed by atoms with Crippen LogP contribution in [0, 0.1) is 11.6 Å². The van der Waals surface area contributed by atoms with E-state index in [9.17, 15) is 13.6 Å². The van der Waals surface area contributed by atoms with Crippen LogP contribution in [0.4, 0.5) is 8.78 Å². The van der Waals surface area contributed by atoms with E-state index in [4.69, 9.17) is 4.74 Å². The molecule has 3 nitrogen and oxygen atoms in total. The molecule has 0 bridgehead atoms. The molecule has 1 aliphatic heterocycles. The number of hydrogen-bond acceptors (Lipinski definition) is 2. The zero-order chi connectivity index (χ0) is 11.7. The molecule has 1 aliphatic rings. The van der Waals surface area contributed by atoms with E-state index in [0.29, 0.717) is 13.1 Å². The van der Waals surface area contributed by atoms with Gasteiger partial charge in [-0.2, -0.15) is 0 Å². The van der Waals surface area contributed by atoms with Crippen molar-refractivity contribution in [1.29, 1.82) is 0 Å². The number of ether oxygens (including phenoxy) is 1. The maximum absolute atomic E-state index is 13.5. The van der Waals surface area contributed by atoms with Gasteiger partial charge in [0.1, 0.15) is 11.4 Å². The van der Waals surface area contributed by atoms with Crippen LogP contribution in [0.15, 0.2) is 12.1 Å². The normalized spacial score (nSPS) is 14.6. The maximum Gasteiger partial charge on any atom is 0.260 e. The molecule has 0 atom stereocenters. The molecule has 0 spiro atoms. The van der Waals surface area contributed by atoms with Crippen molar-refractivity contribution >= 4 is 5.91 Å². The minimum atomic E-state index is -0.754. The fraction of sp³-hybridized carbons (Fsp3) is 0.364. The number of hydrogen-bond donors (Lipinski definition) is 0. The third kappa shape index (κ3) is 1.62. The summed E-state index contributed by atoms with van der Waals surface area (Å²) in [7, 11) is 1.21. The first-order valence-electron chi connectivity index (χ1n) is 4.96. The summed E-state index contributed by atoms with van der Waals surface area (Å²) in [4.78, 5) is 13.3. The van der Waals surface area contributed by atoms with Gasteiger partial charge in [-0.25, -0.2) is 8.78 Å². The molecule has 86 valence electrons. The molecule has 1 heterocycles. The maximum atomic E-state index is 13.5. The Morgan fingerprint density at radius 2 is 1.94 bits per heavy atom. The summed E-state index contributed by atoms with van der Waals surface area (Å²) < 4.78 is 31.5. The first kappa shape index (κ1) is 10.9. The van der Waals surface area contributed by atoms with E-state index in [1.54, 1.807) is 0 Å². The molecular formula is C11H11F2NO2. The molecule has 1 fully saturated rings. The lowest BCUT2D eigenvalue weighted by Crippen LogP contribution is -2.42. The van der Waals surface area contributed by atoms with Gasteiger partial charge in [-0.1, -0.05) is 0 Å². The highest BCUT2D eigenvalue weighted by atomic mass is 19.1. The standard InChI is InChI=1S/C11H11F2NO2/c1-16-10-8(13)4-3-7(12)9(10)11(15)14-5-2-6-14/h3-4H,2,5-6H2,1H3. The van der Waals surface area contributed by atoms with Crippen LogP contribution in [0.25, 0.3) is 0 Å². The smallest absolute Gasteiger partial charge is 0.260 e. The number of carbonyl (C=O) groups excluding carboxylic acids is 1. The van der Waals surface area contributed by atoms with Crippen LogP contribution >= 0.6 is 0 Å². The second-order valence-corrected chi connectivity index (χ2v) is 3.58. The number of halogens is 2. The lowest BCUT2D eigenvalue weighted by molar-refractivity contribution is 0.0642. The van der Waals surface area contributed by atoms with Crippen molar-refractivity contribution in [3.8, 4) is 5.75 Å². The molecule has 1 amide bonds. The zero-order valence-corrected chi connectivity index (χ0v) is 8.80. The number of amides is 1. The predicted octanol–water partition coefficient (Wildman–Crippen LogP) is 1.82. The number of carbonyl (C=O) groups is 1. The number of methoxy groups -OCH3 is 1. The number of likely N-dealkylation sites (tertiary alicyclic amines) is 1. The summed E-state index contributed by atoms with van der Waals surface area (Å²) in [6, 6.07) is 1.88. The Kier molecular flexibility index (Phi) is 2.77. The monoisotopic (exact) mass is 227 g/mol. The van der Waals surface area contributed by atoms with E-state index in [2.05, 4.69) is 0 Å². The van der Waals surface area contributed by atoms with Gasteiger partial charge in [-0.3, -0.25) is 4.79 Å². The third-order valence-electron chi connectivity index (χ3n) is 2.62. The Balaban J connectivity index is 2.44. The summed E-state index contributed by atoms with van der Waals surface area (Å²) >= 11 is 0. The van der Waals surface area contributed by atoms with Gasteiger partial charge in [0.05, 0.1) is 7.11 Å². The van der Waals surface area contributed by atoms with Gasteiger partial charge in [0.25, 0.3) is 5.91 Å². The second-order valence-electron chi connectivity index (χ2n) is 3.58. The Bertz CT molecular complexity index is 430. The minimum Gasteiger partial charge on any atom is -0.493 e. The molecule has 0 aliphatic carbocycles. The van der Waals surface area contributed by atoms with Crippen molar-refractivity contribution in [1.82, 2.24) is 4.90 Å². The van der Waals surface area contributed by atoms with Crippen LogP contribution in [-0.2, 0) is 0 Å². The predicted molar refractivity (Wildman–Crippen MR) is 53.4 cm³/mol. The molecule has 0 saturated carbocycles. The van der Waals surface area contributed by atoms with Crippen molar-refractivity contribution < 1.29 is 18.3 Å². The Hall–Kier alpha value is -1.65. The number of rotatable bonds is 2. The Morgan fingerprint density at radius 1 is 1.31 bits per heavy atom. The highest BCUT2D eigenvalue weighted by molar-refractivity contribution is 5.97. The Labute approximate surface area is 91.6 Å². The molecule has 2 rings (SSSR count). The van der Waals surface area contributed by atoms with E-state index in [0.717, 1.165) is 18.6 Å². The average Bonchev–Trinajstić information content (AvgIpc) is 2.18. The summed E-state index contributed by atoms with van der Waals surface area (Å²) in [6.07, 6.45) is 0.894. The van der Waals surface area contributed by atoms with Crippen molar-refractivity contribution in [3.05, 3.63) is 29.3 Å².